The van der Waals surface area contributed by atoms with Crippen LogP contribution in [0.2, 0.25) is 0 Å². The summed E-state index contributed by atoms with van der Waals surface area (Å²) in [4.78, 5) is 0. The van der Waals surface area contributed by atoms with Crippen molar-refractivity contribution in [3.63, 3.8) is 0 Å². The predicted octanol–water partition coefficient (Wildman–Crippen LogP) is 3.94. The van der Waals surface area contributed by atoms with E-state index < -0.39 is 0 Å². The van der Waals surface area contributed by atoms with E-state index in [1.54, 1.807) is 0 Å². The van der Waals surface area contributed by atoms with E-state index in [9.17, 15) is 0 Å². The largest absolute Gasteiger partial charge is 0.258 e. The SMILES string of the molecule is [CH2]CC(C[NH])C(c1ccccc1)c1ccccc1. The Labute approximate surface area is 110 Å². The van der Waals surface area contributed by atoms with Crippen molar-refractivity contribution in [2.45, 2.75) is 12.3 Å². The van der Waals surface area contributed by atoms with Crippen LogP contribution in [0.1, 0.15) is 23.5 Å². The molecule has 92 valence electrons. The van der Waals surface area contributed by atoms with Crippen molar-refractivity contribution >= 4 is 0 Å². The van der Waals surface area contributed by atoms with Gasteiger partial charge in [0.05, 0.1) is 0 Å². The molecular formula is C17H19N. The Morgan fingerprint density at radius 1 is 0.833 bits per heavy atom. The molecule has 0 aliphatic carbocycles. The van der Waals surface area contributed by atoms with E-state index in [1.807, 2.05) is 12.1 Å². The number of hydrogen-bond donors (Lipinski definition) is 0. The Hall–Kier alpha value is -1.60. The summed E-state index contributed by atoms with van der Waals surface area (Å²) in [6.07, 6.45) is 0.790. The third kappa shape index (κ3) is 2.80. The molecule has 0 aromatic heterocycles. The van der Waals surface area contributed by atoms with Crippen molar-refractivity contribution < 1.29 is 0 Å². The van der Waals surface area contributed by atoms with Crippen LogP contribution in [0.3, 0.4) is 0 Å². The molecule has 0 aliphatic heterocycles. The van der Waals surface area contributed by atoms with Crippen molar-refractivity contribution in [3.8, 4) is 0 Å². The summed E-state index contributed by atoms with van der Waals surface area (Å²) in [5.41, 5.74) is 10.3. The molecule has 2 aromatic rings. The molecule has 0 saturated heterocycles. The average molecular weight is 237 g/mol. The Bertz CT molecular complexity index is 406. The molecule has 0 saturated carbocycles. The molecule has 0 bridgehead atoms. The highest BCUT2D eigenvalue weighted by Crippen LogP contribution is 2.33. The minimum absolute atomic E-state index is 0.273. The first-order valence-electron chi connectivity index (χ1n) is 6.40. The van der Waals surface area contributed by atoms with Crippen molar-refractivity contribution in [3.05, 3.63) is 78.7 Å². The molecule has 1 atom stereocenters. The Morgan fingerprint density at radius 3 is 1.61 bits per heavy atom. The van der Waals surface area contributed by atoms with E-state index >= 15 is 0 Å². The van der Waals surface area contributed by atoms with Crippen LogP contribution in [-0.4, -0.2) is 6.54 Å². The molecule has 0 fully saturated rings. The minimum atomic E-state index is 0.273. The average Bonchev–Trinajstić information content (AvgIpc) is 2.46. The van der Waals surface area contributed by atoms with Crippen LogP contribution in [0.4, 0.5) is 0 Å². The summed E-state index contributed by atoms with van der Waals surface area (Å²) in [6, 6.07) is 20.9. The first-order valence-corrected chi connectivity index (χ1v) is 6.40. The maximum absolute atomic E-state index is 7.75. The van der Waals surface area contributed by atoms with Crippen LogP contribution < -0.4 is 5.73 Å². The highest BCUT2D eigenvalue weighted by Gasteiger charge is 2.22. The number of rotatable bonds is 5. The topological polar surface area (TPSA) is 23.8 Å². The fraction of sp³-hybridized carbons (Fsp3) is 0.235. The predicted molar refractivity (Wildman–Crippen MR) is 76.2 cm³/mol. The summed E-state index contributed by atoms with van der Waals surface area (Å²) in [6.45, 7) is 4.42. The lowest BCUT2D eigenvalue weighted by molar-refractivity contribution is 0.476. The molecular weight excluding hydrogens is 218 g/mol. The molecule has 2 rings (SSSR count). The second-order valence-electron chi connectivity index (χ2n) is 4.55. The number of hydrogen-bond acceptors (Lipinski definition) is 0. The van der Waals surface area contributed by atoms with E-state index in [-0.39, 0.29) is 11.8 Å². The van der Waals surface area contributed by atoms with E-state index in [4.69, 9.17) is 5.73 Å². The standard InChI is InChI=1S/C17H19N/c1-2-14(13-18)17(15-9-5-3-6-10-15)16-11-7-4-8-12-16/h3-12,14,17-18H,1-2,13H2. The number of benzene rings is 2. The lowest BCUT2D eigenvalue weighted by atomic mass is 9.79. The zero-order valence-electron chi connectivity index (χ0n) is 10.5. The van der Waals surface area contributed by atoms with Gasteiger partial charge in [0.25, 0.3) is 0 Å². The summed E-state index contributed by atoms with van der Waals surface area (Å²) in [5, 5.41) is 0. The van der Waals surface area contributed by atoms with Crippen LogP contribution >= 0.6 is 0 Å². The zero-order valence-corrected chi connectivity index (χ0v) is 10.5. The molecule has 1 N–H and O–H groups in total. The van der Waals surface area contributed by atoms with Gasteiger partial charge in [-0.25, -0.2) is 0 Å². The van der Waals surface area contributed by atoms with Crippen molar-refractivity contribution in [1.82, 2.24) is 5.73 Å². The maximum Gasteiger partial charge on any atom is 0.0137 e. The fourth-order valence-corrected chi connectivity index (χ4v) is 2.44. The lowest BCUT2D eigenvalue weighted by Crippen LogP contribution is -2.18. The molecule has 0 heterocycles. The van der Waals surface area contributed by atoms with Gasteiger partial charge in [-0.1, -0.05) is 67.6 Å². The first-order chi connectivity index (χ1) is 8.86. The Morgan fingerprint density at radius 2 is 1.28 bits per heavy atom. The van der Waals surface area contributed by atoms with E-state index in [0.717, 1.165) is 6.42 Å². The van der Waals surface area contributed by atoms with Gasteiger partial charge in [0.1, 0.15) is 0 Å². The fourth-order valence-electron chi connectivity index (χ4n) is 2.44. The van der Waals surface area contributed by atoms with Gasteiger partial charge in [0.15, 0.2) is 0 Å². The third-order valence-electron chi connectivity index (χ3n) is 3.42. The van der Waals surface area contributed by atoms with Gasteiger partial charge in [0.2, 0.25) is 0 Å². The highest BCUT2D eigenvalue weighted by molar-refractivity contribution is 5.33. The minimum Gasteiger partial charge on any atom is -0.258 e. The van der Waals surface area contributed by atoms with Gasteiger partial charge in [0, 0.05) is 12.5 Å². The summed E-state index contributed by atoms with van der Waals surface area (Å²) in [5.74, 6) is 0.553. The molecule has 0 spiro atoms. The molecule has 1 heteroatoms. The van der Waals surface area contributed by atoms with Crippen LogP contribution in [0.5, 0.6) is 0 Å². The van der Waals surface area contributed by atoms with E-state index in [2.05, 4.69) is 55.5 Å². The van der Waals surface area contributed by atoms with E-state index in [0.29, 0.717) is 6.54 Å². The molecule has 18 heavy (non-hydrogen) atoms. The van der Waals surface area contributed by atoms with Crippen LogP contribution in [0.25, 0.3) is 0 Å². The molecule has 1 nitrogen and oxygen atoms in total. The maximum atomic E-state index is 7.75. The van der Waals surface area contributed by atoms with Crippen molar-refractivity contribution in [1.29, 1.82) is 0 Å². The summed E-state index contributed by atoms with van der Waals surface area (Å²) in [7, 11) is 0. The summed E-state index contributed by atoms with van der Waals surface area (Å²) >= 11 is 0. The smallest absolute Gasteiger partial charge is 0.0137 e. The Balaban J connectivity index is 2.41. The Kier molecular flexibility index (Phi) is 4.54. The molecule has 0 amide bonds. The second-order valence-corrected chi connectivity index (χ2v) is 4.55. The van der Waals surface area contributed by atoms with Gasteiger partial charge in [-0.3, -0.25) is 5.73 Å². The quantitative estimate of drug-likeness (QED) is 0.752. The molecule has 2 radical (unpaired) electrons. The summed E-state index contributed by atoms with van der Waals surface area (Å²) < 4.78 is 0. The van der Waals surface area contributed by atoms with E-state index in [1.165, 1.54) is 11.1 Å². The second kappa shape index (κ2) is 6.36. The van der Waals surface area contributed by atoms with Crippen LogP contribution in [0, 0.1) is 12.8 Å². The number of nitrogens with one attached hydrogen (secondary N) is 1. The monoisotopic (exact) mass is 237 g/mol. The van der Waals surface area contributed by atoms with Gasteiger partial charge < -0.3 is 0 Å². The highest BCUT2D eigenvalue weighted by atomic mass is 14.6. The normalized spacial score (nSPS) is 12.6. The molecule has 2 aromatic carbocycles. The zero-order chi connectivity index (χ0) is 12.8. The lowest BCUT2D eigenvalue weighted by Gasteiger charge is -2.25. The van der Waals surface area contributed by atoms with Gasteiger partial charge in [-0.05, 0) is 23.5 Å². The third-order valence-corrected chi connectivity index (χ3v) is 3.42. The first kappa shape index (κ1) is 12.8. The van der Waals surface area contributed by atoms with Crippen molar-refractivity contribution in [2.24, 2.45) is 5.92 Å². The molecule has 0 aliphatic rings. The van der Waals surface area contributed by atoms with Gasteiger partial charge >= 0.3 is 0 Å². The van der Waals surface area contributed by atoms with Gasteiger partial charge in [-0.15, -0.1) is 0 Å². The molecule has 1 unspecified atom stereocenters. The van der Waals surface area contributed by atoms with Gasteiger partial charge in [-0.2, -0.15) is 0 Å². The van der Waals surface area contributed by atoms with Crippen LogP contribution in [0.15, 0.2) is 60.7 Å². The van der Waals surface area contributed by atoms with Crippen LogP contribution in [-0.2, 0) is 0 Å². The van der Waals surface area contributed by atoms with Crippen molar-refractivity contribution in [2.75, 3.05) is 6.54 Å².